The average Bonchev–Trinajstić information content (AvgIpc) is 2.88. The summed E-state index contributed by atoms with van der Waals surface area (Å²) in [4.78, 5) is 12.7. The van der Waals surface area contributed by atoms with Gasteiger partial charge in [0.25, 0.3) is 15.9 Å². The van der Waals surface area contributed by atoms with Crippen LogP contribution in [0.4, 0.5) is 11.4 Å². The van der Waals surface area contributed by atoms with Crippen molar-refractivity contribution in [2.24, 2.45) is 0 Å². The number of methoxy groups -OCH3 is 1. The van der Waals surface area contributed by atoms with E-state index in [2.05, 4.69) is 10.0 Å². The van der Waals surface area contributed by atoms with E-state index in [0.717, 1.165) is 5.56 Å². The fourth-order valence-corrected chi connectivity index (χ4v) is 4.46. The largest absolute Gasteiger partial charge is 0.495 e. The molecule has 8 heteroatoms. The molecule has 3 aromatic carbocycles. The van der Waals surface area contributed by atoms with Gasteiger partial charge in [-0.1, -0.05) is 25.1 Å². The summed E-state index contributed by atoms with van der Waals surface area (Å²) < 4.78 is 39.6. The lowest BCUT2D eigenvalue weighted by Crippen LogP contribution is -2.16. The van der Waals surface area contributed by atoms with Gasteiger partial charge < -0.3 is 14.8 Å². The van der Waals surface area contributed by atoms with E-state index in [1.54, 1.807) is 48.5 Å². The highest BCUT2D eigenvalue weighted by Crippen LogP contribution is 2.37. The lowest BCUT2D eigenvalue weighted by Gasteiger charge is -2.14. The first-order chi connectivity index (χ1) is 14.4. The van der Waals surface area contributed by atoms with Crippen LogP contribution in [0.25, 0.3) is 0 Å². The van der Waals surface area contributed by atoms with Gasteiger partial charge in [-0.15, -0.1) is 0 Å². The third-order valence-electron chi connectivity index (χ3n) is 4.76. The first kappa shape index (κ1) is 19.8. The third kappa shape index (κ3) is 3.69. The molecule has 4 rings (SSSR count). The molecule has 0 fully saturated rings. The van der Waals surface area contributed by atoms with Gasteiger partial charge in [0, 0.05) is 5.69 Å². The highest BCUT2D eigenvalue weighted by molar-refractivity contribution is 7.92. The van der Waals surface area contributed by atoms with E-state index in [1.165, 1.54) is 13.2 Å². The van der Waals surface area contributed by atoms with Crippen LogP contribution in [0.15, 0.2) is 65.6 Å². The van der Waals surface area contributed by atoms with Crippen molar-refractivity contribution in [1.82, 2.24) is 0 Å². The fourth-order valence-electron chi connectivity index (χ4n) is 3.19. The molecule has 0 saturated heterocycles. The molecule has 7 nitrogen and oxygen atoms in total. The van der Waals surface area contributed by atoms with Gasteiger partial charge in [-0.2, -0.15) is 0 Å². The zero-order valence-electron chi connectivity index (χ0n) is 16.4. The second-order valence-electron chi connectivity index (χ2n) is 6.71. The van der Waals surface area contributed by atoms with Crippen molar-refractivity contribution in [2.45, 2.75) is 18.2 Å². The SMILES string of the molecule is CCc1ccc(OC)c(S(=O)(=O)Nc2ccc3c(c2)C(=O)Nc2ccccc2O3)c1. The Morgan fingerprint density at radius 2 is 1.83 bits per heavy atom. The molecule has 0 aliphatic carbocycles. The number of hydrogen-bond donors (Lipinski definition) is 2. The van der Waals surface area contributed by atoms with Crippen molar-refractivity contribution in [2.75, 3.05) is 17.1 Å². The number of hydrogen-bond acceptors (Lipinski definition) is 5. The van der Waals surface area contributed by atoms with Gasteiger partial charge in [0.05, 0.1) is 18.4 Å². The van der Waals surface area contributed by atoms with Crippen molar-refractivity contribution in [3.8, 4) is 17.2 Å². The lowest BCUT2D eigenvalue weighted by atomic mass is 10.1. The molecule has 0 radical (unpaired) electrons. The second-order valence-corrected chi connectivity index (χ2v) is 8.36. The van der Waals surface area contributed by atoms with Crippen LogP contribution in [0.3, 0.4) is 0 Å². The summed E-state index contributed by atoms with van der Waals surface area (Å²) in [5.41, 5.74) is 1.87. The number of sulfonamides is 1. The summed E-state index contributed by atoms with van der Waals surface area (Å²) in [5.74, 6) is 0.706. The van der Waals surface area contributed by atoms with Crippen LogP contribution < -0.4 is 19.5 Å². The molecule has 0 unspecified atom stereocenters. The van der Waals surface area contributed by atoms with Gasteiger partial charge in [-0.05, 0) is 54.4 Å². The molecule has 2 N–H and O–H groups in total. The zero-order chi connectivity index (χ0) is 21.3. The summed E-state index contributed by atoms with van der Waals surface area (Å²) in [6.45, 7) is 1.94. The van der Waals surface area contributed by atoms with Crippen molar-refractivity contribution >= 4 is 27.3 Å². The minimum absolute atomic E-state index is 0.0346. The molecule has 0 spiro atoms. The maximum Gasteiger partial charge on any atom is 0.265 e. The molecule has 154 valence electrons. The van der Waals surface area contributed by atoms with Crippen molar-refractivity contribution in [3.63, 3.8) is 0 Å². The Balaban J connectivity index is 1.69. The van der Waals surface area contributed by atoms with Crippen LogP contribution in [-0.4, -0.2) is 21.4 Å². The number of anilines is 2. The van der Waals surface area contributed by atoms with Gasteiger partial charge in [-0.25, -0.2) is 8.42 Å². The number of nitrogens with one attached hydrogen (secondary N) is 2. The Labute approximate surface area is 174 Å². The summed E-state index contributed by atoms with van der Waals surface area (Å²) in [6, 6.07) is 16.7. The number of benzene rings is 3. The van der Waals surface area contributed by atoms with Crippen LogP contribution in [-0.2, 0) is 16.4 Å². The molecule has 0 saturated carbocycles. The van der Waals surface area contributed by atoms with Crippen LogP contribution in [0.2, 0.25) is 0 Å². The minimum Gasteiger partial charge on any atom is -0.495 e. The van der Waals surface area contributed by atoms with E-state index >= 15 is 0 Å². The van der Waals surface area contributed by atoms with E-state index in [1.807, 2.05) is 13.0 Å². The highest BCUT2D eigenvalue weighted by Gasteiger charge is 2.24. The molecule has 1 aliphatic rings. The van der Waals surface area contributed by atoms with Crippen molar-refractivity contribution in [1.29, 1.82) is 0 Å². The standard InChI is InChI=1S/C22H20N2O5S/c1-3-14-8-10-20(28-2)21(12-14)30(26,27)24-15-9-11-18-16(13-15)22(25)23-17-6-4-5-7-19(17)29-18/h4-13,24H,3H2,1-2H3,(H,23,25). The number of para-hydroxylation sites is 2. The number of fused-ring (bicyclic) bond motifs is 2. The summed E-state index contributed by atoms with van der Waals surface area (Å²) in [7, 11) is -2.52. The van der Waals surface area contributed by atoms with E-state index in [-0.39, 0.29) is 27.8 Å². The smallest absolute Gasteiger partial charge is 0.265 e. The molecule has 1 heterocycles. The first-order valence-electron chi connectivity index (χ1n) is 9.33. The quantitative estimate of drug-likeness (QED) is 0.633. The predicted molar refractivity (Wildman–Crippen MR) is 114 cm³/mol. The van der Waals surface area contributed by atoms with Gasteiger partial charge in [-0.3, -0.25) is 9.52 Å². The van der Waals surface area contributed by atoms with Gasteiger partial charge in [0.15, 0.2) is 5.75 Å². The van der Waals surface area contributed by atoms with Crippen LogP contribution in [0, 0.1) is 0 Å². The Morgan fingerprint density at radius 3 is 2.60 bits per heavy atom. The molecule has 0 bridgehead atoms. The van der Waals surface area contributed by atoms with Crippen LogP contribution in [0.5, 0.6) is 17.2 Å². The van der Waals surface area contributed by atoms with Crippen molar-refractivity contribution in [3.05, 3.63) is 71.8 Å². The summed E-state index contributed by atoms with van der Waals surface area (Å²) >= 11 is 0. The number of carbonyl (C=O) groups is 1. The number of amides is 1. The third-order valence-corrected chi connectivity index (χ3v) is 6.16. The van der Waals surface area contributed by atoms with E-state index < -0.39 is 10.0 Å². The Bertz CT molecular complexity index is 1240. The zero-order valence-corrected chi connectivity index (χ0v) is 17.2. The number of carbonyl (C=O) groups excluding carboxylic acids is 1. The molecule has 1 amide bonds. The molecule has 1 aliphatic heterocycles. The summed E-state index contributed by atoms with van der Waals surface area (Å²) in [5, 5.41) is 2.77. The maximum atomic E-state index is 13.0. The summed E-state index contributed by atoms with van der Waals surface area (Å²) in [6.07, 6.45) is 0.684. The second kappa shape index (κ2) is 7.72. The van der Waals surface area contributed by atoms with Crippen LogP contribution >= 0.6 is 0 Å². The van der Waals surface area contributed by atoms with Gasteiger partial charge in [0.1, 0.15) is 16.4 Å². The monoisotopic (exact) mass is 424 g/mol. The lowest BCUT2D eigenvalue weighted by molar-refractivity contribution is 0.102. The normalized spacial score (nSPS) is 12.7. The van der Waals surface area contributed by atoms with Crippen LogP contribution in [0.1, 0.15) is 22.8 Å². The predicted octanol–water partition coefficient (Wildman–Crippen LogP) is 4.42. The van der Waals surface area contributed by atoms with E-state index in [4.69, 9.17) is 9.47 Å². The molecule has 3 aromatic rings. The highest BCUT2D eigenvalue weighted by atomic mass is 32.2. The average molecular weight is 424 g/mol. The van der Waals surface area contributed by atoms with Crippen molar-refractivity contribution < 1.29 is 22.7 Å². The topological polar surface area (TPSA) is 93.7 Å². The number of ether oxygens (including phenoxy) is 2. The Kier molecular flexibility index (Phi) is 5.09. The molecule has 0 aromatic heterocycles. The van der Waals surface area contributed by atoms with Gasteiger partial charge in [0.2, 0.25) is 0 Å². The number of rotatable bonds is 5. The molecular weight excluding hydrogens is 404 g/mol. The molecular formula is C22H20N2O5S. The first-order valence-corrected chi connectivity index (χ1v) is 10.8. The Morgan fingerprint density at radius 1 is 1.03 bits per heavy atom. The Hall–Kier alpha value is -3.52. The maximum absolute atomic E-state index is 13.0. The van der Waals surface area contributed by atoms with E-state index in [9.17, 15) is 13.2 Å². The number of aryl methyl sites for hydroxylation is 1. The fraction of sp³-hybridized carbons (Fsp3) is 0.136. The molecule has 0 atom stereocenters. The molecule has 30 heavy (non-hydrogen) atoms. The van der Waals surface area contributed by atoms with E-state index in [0.29, 0.717) is 23.6 Å². The van der Waals surface area contributed by atoms with Gasteiger partial charge >= 0.3 is 0 Å². The minimum atomic E-state index is -3.94.